The predicted octanol–water partition coefficient (Wildman–Crippen LogP) is 1.16. The molecule has 1 aromatic carbocycles. The number of rotatable bonds is 3. The van der Waals surface area contributed by atoms with Crippen molar-refractivity contribution in [1.82, 2.24) is 4.98 Å². The summed E-state index contributed by atoms with van der Waals surface area (Å²) in [6.45, 7) is 0. The van der Waals surface area contributed by atoms with E-state index in [4.69, 9.17) is 10.8 Å². The molecule has 0 aliphatic heterocycles. The van der Waals surface area contributed by atoms with Gasteiger partial charge in [0.05, 0.1) is 0 Å². The number of anilines is 1. The van der Waals surface area contributed by atoms with Gasteiger partial charge in [0.15, 0.2) is 0 Å². The average Bonchev–Trinajstić information content (AvgIpc) is 2.37. The van der Waals surface area contributed by atoms with Crippen LogP contribution in [0.5, 0.6) is 0 Å². The third-order valence-corrected chi connectivity index (χ3v) is 2.81. The largest absolute Gasteiger partial charge is 0.478 e. The number of aromatic carboxylic acids is 2. The fourth-order valence-corrected chi connectivity index (χ4v) is 1.95. The Kier molecular flexibility index (Phi) is 3.45. The van der Waals surface area contributed by atoms with Gasteiger partial charge in [0, 0.05) is 5.56 Å². The van der Waals surface area contributed by atoms with Crippen molar-refractivity contribution in [3.63, 3.8) is 0 Å². The molecule has 0 spiro atoms. The number of H-pyrrole nitrogens is 1. The van der Waals surface area contributed by atoms with Crippen molar-refractivity contribution < 1.29 is 24.2 Å². The zero-order chi connectivity index (χ0) is 15.7. The van der Waals surface area contributed by atoms with Crippen molar-refractivity contribution in [3.8, 4) is 11.1 Å². The van der Waals surface area contributed by atoms with Crippen molar-refractivity contribution in [2.75, 3.05) is 5.73 Å². The molecule has 0 bridgehead atoms. The van der Waals surface area contributed by atoms with Gasteiger partial charge in [-0.1, -0.05) is 12.1 Å². The van der Waals surface area contributed by atoms with Gasteiger partial charge in [-0.15, -0.1) is 0 Å². The maximum Gasteiger partial charge on any atom is 0.342 e. The van der Waals surface area contributed by atoms with Gasteiger partial charge in [-0.2, -0.15) is 0 Å². The van der Waals surface area contributed by atoms with Crippen LogP contribution in [0.15, 0.2) is 29.1 Å². The highest BCUT2D eigenvalue weighted by Gasteiger charge is 2.26. The number of nitrogens with one attached hydrogen (secondary N) is 1. The molecule has 0 saturated heterocycles. The highest BCUT2D eigenvalue weighted by Crippen LogP contribution is 2.29. The Morgan fingerprint density at radius 3 is 2.05 bits per heavy atom. The standard InChI is InChI=1S/C13H9FN2O5/c14-6-3-1-5(2-4-6)7-8(12(18)19)10(15)16-11(17)9(7)13(20)21/h1-4H,(H,18,19)(H,20,21)(H3,15,16,17). The molecule has 0 fully saturated rings. The zero-order valence-corrected chi connectivity index (χ0v) is 10.4. The molecular formula is C13H9FN2O5. The molecule has 0 saturated carbocycles. The van der Waals surface area contributed by atoms with Gasteiger partial charge in [0.2, 0.25) is 0 Å². The third-order valence-electron chi connectivity index (χ3n) is 2.81. The lowest BCUT2D eigenvalue weighted by molar-refractivity contribution is 0.0695. The molecule has 8 heteroatoms. The van der Waals surface area contributed by atoms with Crippen LogP contribution in [0.2, 0.25) is 0 Å². The number of carbonyl (C=O) groups is 2. The van der Waals surface area contributed by atoms with Gasteiger partial charge in [-0.3, -0.25) is 4.79 Å². The predicted molar refractivity (Wildman–Crippen MR) is 70.8 cm³/mol. The number of pyridine rings is 1. The van der Waals surface area contributed by atoms with E-state index in [1.165, 1.54) is 12.1 Å². The number of aromatic nitrogens is 1. The first-order valence-corrected chi connectivity index (χ1v) is 5.61. The Bertz CT molecular complexity index is 795. The molecule has 21 heavy (non-hydrogen) atoms. The second-order valence-electron chi connectivity index (χ2n) is 4.11. The molecule has 0 amide bonds. The molecule has 0 unspecified atom stereocenters. The number of nitrogen functional groups attached to an aromatic ring is 1. The fourth-order valence-electron chi connectivity index (χ4n) is 1.95. The van der Waals surface area contributed by atoms with E-state index in [0.717, 1.165) is 12.1 Å². The average molecular weight is 292 g/mol. The molecule has 0 aliphatic carbocycles. The van der Waals surface area contributed by atoms with E-state index >= 15 is 0 Å². The van der Waals surface area contributed by atoms with Crippen LogP contribution in [-0.4, -0.2) is 27.1 Å². The number of aromatic amines is 1. The number of hydrogen-bond donors (Lipinski definition) is 4. The topological polar surface area (TPSA) is 133 Å². The van der Waals surface area contributed by atoms with Crippen molar-refractivity contribution in [2.45, 2.75) is 0 Å². The number of carboxylic acids is 2. The highest BCUT2D eigenvalue weighted by molar-refractivity contribution is 6.07. The van der Waals surface area contributed by atoms with Crippen molar-refractivity contribution in [1.29, 1.82) is 0 Å². The number of nitrogens with two attached hydrogens (primary N) is 1. The molecule has 2 aromatic rings. The molecule has 7 nitrogen and oxygen atoms in total. The summed E-state index contributed by atoms with van der Waals surface area (Å²) < 4.78 is 13.0. The lowest BCUT2D eigenvalue weighted by Gasteiger charge is -2.11. The van der Waals surface area contributed by atoms with Gasteiger partial charge >= 0.3 is 11.9 Å². The number of benzene rings is 1. The molecular weight excluding hydrogens is 283 g/mol. The van der Waals surface area contributed by atoms with Gasteiger partial charge in [0.1, 0.15) is 22.8 Å². The molecule has 2 rings (SSSR count). The first-order valence-electron chi connectivity index (χ1n) is 5.61. The first kappa shape index (κ1) is 14.3. The normalized spacial score (nSPS) is 10.3. The summed E-state index contributed by atoms with van der Waals surface area (Å²) in [5, 5.41) is 18.3. The number of carboxylic acid groups (broad SMARTS) is 2. The van der Waals surface area contributed by atoms with Gasteiger partial charge < -0.3 is 20.9 Å². The first-order chi connectivity index (χ1) is 9.82. The van der Waals surface area contributed by atoms with Crippen molar-refractivity contribution >= 4 is 17.8 Å². The van der Waals surface area contributed by atoms with E-state index in [1.54, 1.807) is 0 Å². The lowest BCUT2D eigenvalue weighted by Crippen LogP contribution is -2.24. The summed E-state index contributed by atoms with van der Waals surface area (Å²) in [4.78, 5) is 36.3. The van der Waals surface area contributed by atoms with E-state index in [9.17, 15) is 23.9 Å². The van der Waals surface area contributed by atoms with Crippen LogP contribution in [0.4, 0.5) is 10.2 Å². The van der Waals surface area contributed by atoms with Crippen LogP contribution in [0.3, 0.4) is 0 Å². The van der Waals surface area contributed by atoms with Crippen LogP contribution < -0.4 is 11.3 Å². The zero-order valence-electron chi connectivity index (χ0n) is 10.4. The van der Waals surface area contributed by atoms with E-state index in [1.807, 2.05) is 4.98 Å². The molecule has 108 valence electrons. The molecule has 0 aliphatic rings. The minimum atomic E-state index is -1.61. The van der Waals surface area contributed by atoms with E-state index in [-0.39, 0.29) is 11.1 Å². The second kappa shape index (κ2) is 5.08. The minimum absolute atomic E-state index is 0.0593. The van der Waals surface area contributed by atoms with Crippen molar-refractivity contribution in [3.05, 3.63) is 51.6 Å². The second-order valence-corrected chi connectivity index (χ2v) is 4.11. The molecule has 1 heterocycles. The SMILES string of the molecule is Nc1[nH]c(=O)c(C(=O)O)c(-c2ccc(F)cc2)c1C(=O)O. The number of hydrogen-bond acceptors (Lipinski definition) is 4. The number of halogens is 1. The van der Waals surface area contributed by atoms with Crippen LogP contribution in [0.1, 0.15) is 20.7 Å². The molecule has 1 aromatic heterocycles. The van der Waals surface area contributed by atoms with Crippen molar-refractivity contribution in [2.24, 2.45) is 0 Å². The van der Waals surface area contributed by atoms with Crippen LogP contribution in [0.25, 0.3) is 11.1 Å². The highest BCUT2D eigenvalue weighted by atomic mass is 19.1. The summed E-state index contributed by atoms with van der Waals surface area (Å²) in [6.07, 6.45) is 0. The summed E-state index contributed by atoms with van der Waals surface area (Å²) in [7, 11) is 0. The maximum atomic E-state index is 13.0. The Labute approximate surface area is 116 Å². The molecule has 0 radical (unpaired) electrons. The van der Waals surface area contributed by atoms with E-state index in [0.29, 0.717) is 0 Å². The third kappa shape index (κ3) is 2.46. The summed E-state index contributed by atoms with van der Waals surface area (Å²) in [6, 6.07) is 4.37. The van der Waals surface area contributed by atoms with E-state index in [2.05, 4.69) is 0 Å². The molecule has 5 N–H and O–H groups in total. The van der Waals surface area contributed by atoms with Crippen LogP contribution in [-0.2, 0) is 0 Å². The van der Waals surface area contributed by atoms with E-state index < -0.39 is 40.3 Å². The smallest absolute Gasteiger partial charge is 0.342 e. The lowest BCUT2D eigenvalue weighted by atomic mass is 9.95. The molecule has 0 atom stereocenters. The Morgan fingerprint density at radius 1 is 1.05 bits per heavy atom. The van der Waals surface area contributed by atoms with Gasteiger partial charge in [-0.05, 0) is 17.7 Å². The monoisotopic (exact) mass is 292 g/mol. The summed E-state index contributed by atoms with van der Waals surface area (Å²) >= 11 is 0. The Morgan fingerprint density at radius 2 is 1.57 bits per heavy atom. The quantitative estimate of drug-likeness (QED) is 0.670. The maximum absolute atomic E-state index is 13.0. The Hall–Kier alpha value is -3.16. The minimum Gasteiger partial charge on any atom is -0.478 e. The summed E-state index contributed by atoms with van der Waals surface area (Å²) in [5.74, 6) is -4.19. The summed E-state index contributed by atoms with van der Waals surface area (Å²) in [5.41, 5.74) is 2.79. The van der Waals surface area contributed by atoms with Gasteiger partial charge in [-0.25, -0.2) is 14.0 Å². The fraction of sp³-hybridized carbons (Fsp3) is 0. The van der Waals surface area contributed by atoms with Crippen LogP contribution >= 0.6 is 0 Å². The Balaban J connectivity index is 2.95. The van der Waals surface area contributed by atoms with Crippen LogP contribution in [0, 0.1) is 5.82 Å². The van der Waals surface area contributed by atoms with Gasteiger partial charge in [0.25, 0.3) is 5.56 Å².